The summed E-state index contributed by atoms with van der Waals surface area (Å²) in [5.41, 5.74) is 9.84. The number of hydrogen-bond donors (Lipinski definition) is 1. The molecule has 0 spiro atoms. The molecule has 1 aliphatic rings. The second kappa shape index (κ2) is 6.52. The van der Waals surface area contributed by atoms with Gasteiger partial charge in [0.15, 0.2) is 5.76 Å². The first kappa shape index (κ1) is 16.9. The largest absolute Gasteiger partial charge is 0.467 e. The van der Waals surface area contributed by atoms with Crippen LogP contribution in [0.1, 0.15) is 24.0 Å². The molecule has 1 unspecified atom stereocenters. The third kappa shape index (κ3) is 2.52. The summed E-state index contributed by atoms with van der Waals surface area (Å²) in [6.07, 6.45) is 2.34. The molecule has 5 aromatic rings. The van der Waals surface area contributed by atoms with Crippen molar-refractivity contribution in [2.45, 2.75) is 12.5 Å². The SMILES string of the molecule is Nc1c(C2=NN(c3ccccc3)C(c3ccco3)C2)oc2ccc3ccccc3c12. The van der Waals surface area contributed by atoms with Crippen LogP contribution in [0.2, 0.25) is 0 Å². The molecule has 2 aromatic heterocycles. The summed E-state index contributed by atoms with van der Waals surface area (Å²) in [4.78, 5) is 0. The minimum atomic E-state index is -0.0539. The van der Waals surface area contributed by atoms with E-state index >= 15 is 0 Å². The molecule has 0 saturated heterocycles. The third-order valence-electron chi connectivity index (χ3n) is 5.68. The van der Waals surface area contributed by atoms with E-state index in [0.717, 1.165) is 38.9 Å². The van der Waals surface area contributed by atoms with Gasteiger partial charge >= 0.3 is 0 Å². The first-order valence-corrected chi connectivity index (χ1v) is 9.95. The maximum atomic E-state index is 6.62. The lowest BCUT2D eigenvalue weighted by molar-refractivity contribution is 0.465. The van der Waals surface area contributed by atoms with Gasteiger partial charge in [0.2, 0.25) is 0 Å². The molecule has 6 rings (SSSR count). The van der Waals surface area contributed by atoms with Gasteiger partial charge in [-0.05, 0) is 41.1 Å². The highest BCUT2D eigenvalue weighted by atomic mass is 16.3. The molecule has 5 heteroatoms. The Bertz CT molecular complexity index is 1380. The van der Waals surface area contributed by atoms with Crippen molar-refractivity contribution in [1.29, 1.82) is 0 Å². The molecule has 0 fully saturated rings. The van der Waals surface area contributed by atoms with Crippen LogP contribution in [-0.4, -0.2) is 5.71 Å². The van der Waals surface area contributed by atoms with Crippen molar-refractivity contribution in [2.24, 2.45) is 5.10 Å². The lowest BCUT2D eigenvalue weighted by Crippen LogP contribution is -2.17. The van der Waals surface area contributed by atoms with Crippen LogP contribution < -0.4 is 10.7 Å². The van der Waals surface area contributed by atoms with Gasteiger partial charge in [-0.25, -0.2) is 0 Å². The van der Waals surface area contributed by atoms with E-state index in [2.05, 4.69) is 18.2 Å². The normalized spacial score (nSPS) is 16.5. The van der Waals surface area contributed by atoms with Crippen molar-refractivity contribution in [3.05, 3.63) is 96.6 Å². The minimum absolute atomic E-state index is 0.0539. The van der Waals surface area contributed by atoms with Gasteiger partial charge in [0.1, 0.15) is 23.1 Å². The molecule has 2 N–H and O–H groups in total. The summed E-state index contributed by atoms with van der Waals surface area (Å²) in [6, 6.07) is 26.1. The maximum Gasteiger partial charge on any atom is 0.174 e. The standard InChI is InChI=1S/C25H19N3O2/c26-24-23-18-10-5-4-7-16(18)12-13-22(23)30-25(24)19-15-20(21-11-6-14-29-21)28(27-19)17-8-2-1-3-9-17/h1-14,20H,15,26H2. The molecule has 0 amide bonds. The van der Waals surface area contributed by atoms with Crippen LogP contribution >= 0.6 is 0 Å². The van der Waals surface area contributed by atoms with E-state index in [-0.39, 0.29) is 6.04 Å². The zero-order valence-corrected chi connectivity index (χ0v) is 16.2. The molecule has 1 atom stereocenters. The fraction of sp³-hybridized carbons (Fsp3) is 0.0800. The number of nitrogens with zero attached hydrogens (tertiary/aromatic N) is 2. The Morgan fingerprint density at radius 2 is 1.73 bits per heavy atom. The first-order valence-electron chi connectivity index (χ1n) is 9.95. The Hall–Kier alpha value is -3.99. The second-order valence-electron chi connectivity index (χ2n) is 7.47. The molecule has 1 aliphatic heterocycles. The van der Waals surface area contributed by atoms with Crippen LogP contribution in [0.3, 0.4) is 0 Å². The molecule has 30 heavy (non-hydrogen) atoms. The molecule has 0 radical (unpaired) electrons. The molecule has 5 nitrogen and oxygen atoms in total. The number of hydrazone groups is 1. The number of nitrogen functional groups attached to an aromatic ring is 1. The quantitative estimate of drug-likeness (QED) is 0.401. The second-order valence-corrected chi connectivity index (χ2v) is 7.47. The predicted molar refractivity (Wildman–Crippen MR) is 120 cm³/mol. The molecular formula is C25H19N3O2. The summed E-state index contributed by atoms with van der Waals surface area (Å²) in [7, 11) is 0. The zero-order chi connectivity index (χ0) is 20.1. The van der Waals surface area contributed by atoms with Gasteiger partial charge in [0.05, 0.1) is 23.0 Å². The van der Waals surface area contributed by atoms with Gasteiger partial charge in [-0.2, -0.15) is 5.10 Å². The lowest BCUT2D eigenvalue weighted by Gasteiger charge is -2.21. The molecular weight excluding hydrogens is 374 g/mol. The van der Waals surface area contributed by atoms with Crippen LogP contribution in [0.25, 0.3) is 21.7 Å². The van der Waals surface area contributed by atoms with E-state index in [0.29, 0.717) is 17.9 Å². The first-order chi connectivity index (χ1) is 14.8. The number of para-hydroxylation sites is 1. The van der Waals surface area contributed by atoms with Crippen molar-refractivity contribution < 1.29 is 8.83 Å². The average molecular weight is 393 g/mol. The highest BCUT2D eigenvalue weighted by molar-refractivity contribution is 6.18. The van der Waals surface area contributed by atoms with Crippen molar-refractivity contribution in [3.63, 3.8) is 0 Å². The Morgan fingerprint density at radius 3 is 2.57 bits per heavy atom. The highest BCUT2D eigenvalue weighted by Crippen LogP contribution is 2.41. The van der Waals surface area contributed by atoms with Crippen LogP contribution in [0, 0.1) is 0 Å². The Kier molecular flexibility index (Phi) is 3.68. The highest BCUT2D eigenvalue weighted by Gasteiger charge is 2.34. The third-order valence-corrected chi connectivity index (χ3v) is 5.68. The van der Waals surface area contributed by atoms with Gasteiger partial charge in [-0.3, -0.25) is 5.01 Å². The Balaban J connectivity index is 1.51. The number of anilines is 2. The lowest BCUT2D eigenvalue weighted by atomic mass is 10.0. The smallest absolute Gasteiger partial charge is 0.174 e. The number of rotatable bonds is 3. The molecule has 146 valence electrons. The summed E-state index contributed by atoms with van der Waals surface area (Å²) in [6.45, 7) is 0. The van der Waals surface area contributed by atoms with Crippen LogP contribution in [0.5, 0.6) is 0 Å². The van der Waals surface area contributed by atoms with E-state index in [4.69, 9.17) is 19.7 Å². The van der Waals surface area contributed by atoms with Crippen LogP contribution in [0.15, 0.2) is 99.1 Å². The van der Waals surface area contributed by atoms with E-state index in [1.165, 1.54) is 0 Å². The predicted octanol–water partition coefficient (Wildman–Crippen LogP) is 6.12. The van der Waals surface area contributed by atoms with Gasteiger partial charge in [0.25, 0.3) is 0 Å². The van der Waals surface area contributed by atoms with Crippen LogP contribution in [-0.2, 0) is 0 Å². The molecule has 0 saturated carbocycles. The molecule has 3 aromatic carbocycles. The minimum Gasteiger partial charge on any atom is -0.467 e. The van der Waals surface area contributed by atoms with Gasteiger partial charge in [-0.15, -0.1) is 0 Å². The van der Waals surface area contributed by atoms with E-state index in [1.54, 1.807) is 6.26 Å². The van der Waals surface area contributed by atoms with E-state index in [9.17, 15) is 0 Å². The Labute approximate surface area is 173 Å². The van der Waals surface area contributed by atoms with Crippen molar-refractivity contribution in [3.8, 4) is 0 Å². The number of benzene rings is 3. The van der Waals surface area contributed by atoms with E-state index < -0.39 is 0 Å². The fourth-order valence-electron chi connectivity index (χ4n) is 4.28. The Morgan fingerprint density at radius 1 is 0.900 bits per heavy atom. The number of furan rings is 2. The van der Waals surface area contributed by atoms with Gasteiger partial charge < -0.3 is 14.6 Å². The van der Waals surface area contributed by atoms with Crippen LogP contribution in [0.4, 0.5) is 11.4 Å². The summed E-state index contributed by atoms with van der Waals surface area (Å²) in [5, 5.41) is 10.1. The molecule has 0 aliphatic carbocycles. The topological polar surface area (TPSA) is 67.9 Å². The van der Waals surface area contributed by atoms with Gasteiger partial charge in [0, 0.05) is 6.42 Å². The zero-order valence-electron chi connectivity index (χ0n) is 16.2. The fourth-order valence-corrected chi connectivity index (χ4v) is 4.28. The summed E-state index contributed by atoms with van der Waals surface area (Å²) in [5.74, 6) is 1.49. The van der Waals surface area contributed by atoms with Gasteiger partial charge in [-0.1, -0.05) is 48.5 Å². The summed E-state index contributed by atoms with van der Waals surface area (Å²) >= 11 is 0. The summed E-state index contributed by atoms with van der Waals surface area (Å²) < 4.78 is 12.0. The number of fused-ring (bicyclic) bond motifs is 3. The van der Waals surface area contributed by atoms with Crippen molar-refractivity contribution in [1.82, 2.24) is 0 Å². The van der Waals surface area contributed by atoms with Crippen molar-refractivity contribution >= 4 is 38.8 Å². The van der Waals surface area contributed by atoms with E-state index in [1.807, 2.05) is 65.7 Å². The molecule has 3 heterocycles. The average Bonchev–Trinajstić information content (AvgIpc) is 3.53. The maximum absolute atomic E-state index is 6.62. The number of nitrogens with two attached hydrogens (primary N) is 1. The monoisotopic (exact) mass is 393 g/mol. The molecule has 0 bridgehead atoms. The number of hydrogen-bond acceptors (Lipinski definition) is 5. The van der Waals surface area contributed by atoms with Crippen molar-refractivity contribution in [2.75, 3.05) is 10.7 Å².